The molecule has 0 bridgehead atoms. The highest BCUT2D eigenvalue weighted by atomic mass is 16.6. The summed E-state index contributed by atoms with van der Waals surface area (Å²) in [5.74, 6) is -0.147. The van der Waals surface area contributed by atoms with Crippen LogP contribution in [-0.4, -0.2) is 37.0 Å². The zero-order valence-electron chi connectivity index (χ0n) is 10.9. The molecular weight excluding hydrogens is 246 g/mol. The molecule has 1 fully saturated rings. The molecule has 1 atom stereocenters. The van der Waals surface area contributed by atoms with Gasteiger partial charge in [0.05, 0.1) is 17.5 Å². The Hall–Kier alpha value is -1.79. The Morgan fingerprint density at radius 2 is 2.42 bits per heavy atom. The minimum absolute atomic E-state index is 0.0479. The SMILES string of the molecule is CC(=O)Nc1cc(N2CCC(OCO)C2)ccc1N. The highest BCUT2D eigenvalue weighted by Gasteiger charge is 2.23. The summed E-state index contributed by atoms with van der Waals surface area (Å²) in [4.78, 5) is 13.3. The molecule has 0 radical (unpaired) electrons. The molecule has 1 heterocycles. The fraction of sp³-hybridized carbons (Fsp3) is 0.462. The lowest BCUT2D eigenvalue weighted by molar-refractivity contribution is -0.114. The molecule has 1 unspecified atom stereocenters. The standard InChI is InChI=1S/C13H19N3O3/c1-9(18)15-13-6-10(2-3-12(13)14)16-5-4-11(7-16)19-8-17/h2-3,6,11,17H,4-5,7-8,14H2,1H3,(H,15,18). The molecule has 1 aromatic rings. The summed E-state index contributed by atoms with van der Waals surface area (Å²) in [7, 11) is 0. The summed E-state index contributed by atoms with van der Waals surface area (Å²) in [5, 5.41) is 11.5. The van der Waals surface area contributed by atoms with E-state index in [1.807, 2.05) is 12.1 Å². The Morgan fingerprint density at radius 1 is 1.63 bits per heavy atom. The van der Waals surface area contributed by atoms with Gasteiger partial charge >= 0.3 is 0 Å². The smallest absolute Gasteiger partial charge is 0.221 e. The van der Waals surface area contributed by atoms with Crippen LogP contribution in [0.2, 0.25) is 0 Å². The summed E-state index contributed by atoms with van der Waals surface area (Å²) < 4.78 is 5.19. The number of nitrogens with one attached hydrogen (secondary N) is 1. The van der Waals surface area contributed by atoms with E-state index in [-0.39, 0.29) is 18.8 Å². The molecule has 4 N–H and O–H groups in total. The van der Waals surface area contributed by atoms with Crippen molar-refractivity contribution in [1.82, 2.24) is 0 Å². The Bertz CT molecular complexity index is 464. The van der Waals surface area contributed by atoms with Gasteiger partial charge in [-0.05, 0) is 24.6 Å². The van der Waals surface area contributed by atoms with Crippen molar-refractivity contribution in [1.29, 1.82) is 0 Å². The number of hydrogen-bond acceptors (Lipinski definition) is 5. The topological polar surface area (TPSA) is 87.8 Å². The molecule has 1 aromatic carbocycles. The number of nitrogen functional groups attached to an aromatic ring is 1. The van der Waals surface area contributed by atoms with Crippen LogP contribution in [0.1, 0.15) is 13.3 Å². The molecule has 1 saturated heterocycles. The van der Waals surface area contributed by atoms with Gasteiger partial charge in [0.15, 0.2) is 0 Å². The lowest BCUT2D eigenvalue weighted by Crippen LogP contribution is -2.23. The minimum Gasteiger partial charge on any atom is -0.397 e. The van der Waals surface area contributed by atoms with Crippen molar-refractivity contribution in [3.05, 3.63) is 18.2 Å². The van der Waals surface area contributed by atoms with Gasteiger partial charge in [-0.1, -0.05) is 0 Å². The van der Waals surface area contributed by atoms with E-state index in [1.165, 1.54) is 6.92 Å². The van der Waals surface area contributed by atoms with E-state index >= 15 is 0 Å². The molecule has 6 nitrogen and oxygen atoms in total. The van der Waals surface area contributed by atoms with Crippen molar-refractivity contribution in [3.63, 3.8) is 0 Å². The van der Waals surface area contributed by atoms with Crippen LogP contribution in [0.15, 0.2) is 18.2 Å². The first-order chi connectivity index (χ1) is 9.10. The van der Waals surface area contributed by atoms with Crippen LogP contribution >= 0.6 is 0 Å². The van der Waals surface area contributed by atoms with Gasteiger partial charge in [0.2, 0.25) is 5.91 Å². The second kappa shape index (κ2) is 5.90. The van der Waals surface area contributed by atoms with Crippen molar-refractivity contribution in [3.8, 4) is 0 Å². The zero-order valence-corrected chi connectivity index (χ0v) is 10.9. The molecule has 0 spiro atoms. The summed E-state index contributed by atoms with van der Waals surface area (Å²) in [6.07, 6.45) is 0.923. The van der Waals surface area contributed by atoms with Gasteiger partial charge < -0.3 is 25.8 Å². The summed E-state index contributed by atoms with van der Waals surface area (Å²) >= 11 is 0. The van der Waals surface area contributed by atoms with Crippen LogP contribution in [0, 0.1) is 0 Å². The van der Waals surface area contributed by atoms with Crippen molar-refractivity contribution >= 4 is 23.0 Å². The van der Waals surface area contributed by atoms with Crippen LogP contribution < -0.4 is 16.0 Å². The molecule has 6 heteroatoms. The number of amides is 1. The van der Waals surface area contributed by atoms with E-state index in [2.05, 4.69) is 10.2 Å². The lowest BCUT2D eigenvalue weighted by Gasteiger charge is -2.20. The number of anilines is 3. The first-order valence-electron chi connectivity index (χ1n) is 6.24. The number of rotatable bonds is 4. The molecule has 104 valence electrons. The molecule has 1 aliphatic rings. The fourth-order valence-corrected chi connectivity index (χ4v) is 2.24. The van der Waals surface area contributed by atoms with E-state index in [0.717, 1.165) is 25.2 Å². The number of carbonyl (C=O) groups is 1. The molecule has 0 aliphatic carbocycles. The average molecular weight is 265 g/mol. The number of aliphatic hydroxyl groups is 1. The van der Waals surface area contributed by atoms with Crippen LogP contribution in [0.25, 0.3) is 0 Å². The van der Waals surface area contributed by atoms with E-state index < -0.39 is 0 Å². The Morgan fingerprint density at radius 3 is 3.11 bits per heavy atom. The number of carbonyl (C=O) groups excluding carboxylic acids is 1. The predicted molar refractivity (Wildman–Crippen MR) is 73.9 cm³/mol. The van der Waals surface area contributed by atoms with Gasteiger partial charge in [-0.2, -0.15) is 0 Å². The second-order valence-corrected chi connectivity index (χ2v) is 4.61. The van der Waals surface area contributed by atoms with Crippen molar-refractivity contribution < 1.29 is 14.6 Å². The highest BCUT2D eigenvalue weighted by Crippen LogP contribution is 2.28. The van der Waals surface area contributed by atoms with Gasteiger partial charge in [0, 0.05) is 25.7 Å². The molecular formula is C13H19N3O3. The lowest BCUT2D eigenvalue weighted by atomic mass is 10.2. The third-order valence-electron chi connectivity index (χ3n) is 3.17. The minimum atomic E-state index is -0.253. The average Bonchev–Trinajstić information content (AvgIpc) is 2.80. The molecule has 1 amide bonds. The molecule has 19 heavy (non-hydrogen) atoms. The number of nitrogens with two attached hydrogens (primary N) is 1. The Kier molecular flexibility index (Phi) is 4.24. The third kappa shape index (κ3) is 3.36. The Balaban J connectivity index is 2.11. The molecule has 1 aliphatic heterocycles. The summed E-state index contributed by atoms with van der Waals surface area (Å²) in [6, 6.07) is 5.56. The largest absolute Gasteiger partial charge is 0.397 e. The number of nitrogens with zero attached hydrogens (tertiary/aromatic N) is 1. The van der Waals surface area contributed by atoms with Gasteiger partial charge in [0.1, 0.15) is 6.79 Å². The van der Waals surface area contributed by atoms with Gasteiger partial charge in [-0.25, -0.2) is 0 Å². The van der Waals surface area contributed by atoms with Gasteiger partial charge in [0.25, 0.3) is 0 Å². The van der Waals surface area contributed by atoms with E-state index in [9.17, 15) is 4.79 Å². The fourth-order valence-electron chi connectivity index (χ4n) is 2.24. The second-order valence-electron chi connectivity index (χ2n) is 4.61. The first-order valence-corrected chi connectivity index (χ1v) is 6.24. The number of hydrogen-bond donors (Lipinski definition) is 3. The summed E-state index contributed by atoms with van der Waals surface area (Å²) in [6.45, 7) is 2.78. The van der Waals surface area contributed by atoms with Crippen molar-refractivity contribution in [2.75, 3.05) is 35.8 Å². The van der Waals surface area contributed by atoms with E-state index in [4.69, 9.17) is 15.6 Å². The van der Waals surface area contributed by atoms with Crippen LogP contribution in [-0.2, 0) is 9.53 Å². The monoisotopic (exact) mass is 265 g/mol. The van der Waals surface area contributed by atoms with E-state index in [0.29, 0.717) is 11.4 Å². The quantitative estimate of drug-likeness (QED) is 0.553. The molecule has 0 aromatic heterocycles. The van der Waals surface area contributed by atoms with E-state index in [1.54, 1.807) is 6.07 Å². The van der Waals surface area contributed by atoms with Crippen molar-refractivity contribution in [2.24, 2.45) is 0 Å². The zero-order chi connectivity index (χ0) is 13.8. The molecule has 2 rings (SSSR count). The maximum absolute atomic E-state index is 11.1. The van der Waals surface area contributed by atoms with Crippen LogP contribution in [0.3, 0.4) is 0 Å². The van der Waals surface area contributed by atoms with Gasteiger partial charge in [-0.15, -0.1) is 0 Å². The van der Waals surface area contributed by atoms with Gasteiger partial charge in [-0.3, -0.25) is 4.79 Å². The summed E-state index contributed by atoms with van der Waals surface area (Å²) in [5.41, 5.74) is 7.97. The maximum Gasteiger partial charge on any atom is 0.221 e. The Labute approximate surface area is 112 Å². The number of aliphatic hydroxyl groups excluding tert-OH is 1. The predicted octanol–water partition coefficient (Wildman–Crippen LogP) is 0.772. The highest BCUT2D eigenvalue weighted by molar-refractivity contribution is 5.93. The number of benzene rings is 1. The first kappa shape index (κ1) is 13.6. The number of ether oxygens (including phenoxy) is 1. The maximum atomic E-state index is 11.1. The van der Waals surface area contributed by atoms with Crippen LogP contribution in [0.4, 0.5) is 17.1 Å². The molecule has 0 saturated carbocycles. The van der Waals surface area contributed by atoms with Crippen LogP contribution in [0.5, 0.6) is 0 Å². The third-order valence-corrected chi connectivity index (χ3v) is 3.17. The van der Waals surface area contributed by atoms with Crippen molar-refractivity contribution in [2.45, 2.75) is 19.4 Å². The normalized spacial score (nSPS) is 18.6.